The lowest BCUT2D eigenvalue weighted by atomic mass is 9.93. The van der Waals surface area contributed by atoms with Gasteiger partial charge in [0.2, 0.25) is 0 Å². The monoisotopic (exact) mass is 407 g/mol. The van der Waals surface area contributed by atoms with Crippen molar-refractivity contribution in [3.05, 3.63) is 36.0 Å². The molecule has 3 rings (SSSR count). The fourth-order valence-corrected chi connectivity index (χ4v) is 3.45. The summed E-state index contributed by atoms with van der Waals surface area (Å²) in [4.78, 5) is 10.9. The summed E-state index contributed by atoms with van der Waals surface area (Å²) in [5.41, 5.74) is 11.9. The molecule has 0 saturated carbocycles. The maximum absolute atomic E-state index is 13.7. The zero-order valence-electron chi connectivity index (χ0n) is 16.5. The highest BCUT2D eigenvalue weighted by atomic mass is 19.4. The van der Waals surface area contributed by atoms with Gasteiger partial charge in [-0.25, -0.2) is 4.98 Å². The SMILES string of the molecule is CC(C)C[C@](C)(N)COc1ccc(-c2ccnc3nc(N)[nH]c23)cc1C(F)(F)F. The standard InChI is InChI=1S/C20H24F3N5O/c1-11(2)9-19(3,25)10-29-15-5-4-12(8-14(15)20(21,22)23)13-6-7-26-17-16(13)27-18(24)28-17/h4-8,11H,9-10,25H2,1-3H3,(H3,24,26,27,28)/t19-/m0/s1. The van der Waals surface area contributed by atoms with Crippen molar-refractivity contribution in [2.24, 2.45) is 11.7 Å². The number of pyridine rings is 1. The zero-order valence-corrected chi connectivity index (χ0v) is 16.5. The predicted octanol–water partition coefficient (Wildman–Crippen LogP) is 4.37. The molecular weight excluding hydrogens is 383 g/mol. The summed E-state index contributed by atoms with van der Waals surface area (Å²) < 4.78 is 46.7. The summed E-state index contributed by atoms with van der Waals surface area (Å²) in [7, 11) is 0. The van der Waals surface area contributed by atoms with Crippen molar-refractivity contribution < 1.29 is 17.9 Å². The van der Waals surface area contributed by atoms with Gasteiger partial charge in [0.1, 0.15) is 12.4 Å². The van der Waals surface area contributed by atoms with Gasteiger partial charge in [-0.15, -0.1) is 0 Å². The lowest BCUT2D eigenvalue weighted by molar-refractivity contribution is -0.139. The fraction of sp³-hybridized carbons (Fsp3) is 0.400. The van der Waals surface area contributed by atoms with Gasteiger partial charge in [-0.05, 0) is 43.0 Å². The van der Waals surface area contributed by atoms with Crippen LogP contribution in [0.1, 0.15) is 32.8 Å². The van der Waals surface area contributed by atoms with E-state index in [2.05, 4.69) is 15.0 Å². The zero-order chi connectivity index (χ0) is 21.4. The second-order valence-corrected chi connectivity index (χ2v) is 7.93. The molecule has 1 aromatic carbocycles. The van der Waals surface area contributed by atoms with Gasteiger partial charge in [-0.1, -0.05) is 19.9 Å². The van der Waals surface area contributed by atoms with Gasteiger partial charge in [-0.3, -0.25) is 0 Å². The number of imidazole rings is 1. The number of alkyl halides is 3. The molecule has 0 saturated heterocycles. The van der Waals surface area contributed by atoms with Crippen LogP contribution in [0.2, 0.25) is 0 Å². The molecule has 0 aliphatic rings. The van der Waals surface area contributed by atoms with Gasteiger partial charge in [0.15, 0.2) is 11.6 Å². The molecule has 0 spiro atoms. The largest absolute Gasteiger partial charge is 0.491 e. The van der Waals surface area contributed by atoms with Gasteiger partial charge >= 0.3 is 6.18 Å². The molecule has 156 valence electrons. The number of nitrogens with one attached hydrogen (secondary N) is 1. The molecule has 3 aromatic rings. The third-order valence-electron chi connectivity index (χ3n) is 4.44. The van der Waals surface area contributed by atoms with Gasteiger partial charge in [0, 0.05) is 17.3 Å². The van der Waals surface area contributed by atoms with Crippen molar-refractivity contribution in [2.75, 3.05) is 12.3 Å². The first kappa shape index (κ1) is 20.9. The quantitative estimate of drug-likeness (QED) is 0.563. The second-order valence-electron chi connectivity index (χ2n) is 7.93. The van der Waals surface area contributed by atoms with Gasteiger partial charge in [0.25, 0.3) is 0 Å². The smallest absolute Gasteiger partial charge is 0.419 e. The van der Waals surface area contributed by atoms with E-state index in [0.717, 1.165) is 6.07 Å². The molecular formula is C20H24F3N5O. The Bertz CT molecular complexity index is 1010. The molecule has 9 heteroatoms. The Labute approximate surface area is 166 Å². The lowest BCUT2D eigenvalue weighted by Gasteiger charge is -2.27. The van der Waals surface area contributed by atoms with E-state index in [0.29, 0.717) is 34.6 Å². The number of anilines is 1. The van der Waals surface area contributed by atoms with Crippen molar-refractivity contribution in [3.63, 3.8) is 0 Å². The number of aromatic nitrogens is 3. The van der Waals surface area contributed by atoms with Crippen molar-refractivity contribution in [1.82, 2.24) is 15.0 Å². The topological polar surface area (TPSA) is 103 Å². The van der Waals surface area contributed by atoms with Crippen LogP contribution in [0.4, 0.5) is 19.1 Å². The molecule has 0 aliphatic heterocycles. The summed E-state index contributed by atoms with van der Waals surface area (Å²) in [5, 5.41) is 0. The molecule has 2 heterocycles. The number of nitrogen functional groups attached to an aromatic ring is 1. The van der Waals surface area contributed by atoms with E-state index in [1.165, 1.54) is 12.3 Å². The van der Waals surface area contributed by atoms with Crippen LogP contribution in [0.3, 0.4) is 0 Å². The van der Waals surface area contributed by atoms with E-state index < -0.39 is 17.3 Å². The molecule has 0 fully saturated rings. The van der Waals surface area contributed by atoms with Crippen LogP contribution in [-0.4, -0.2) is 27.1 Å². The van der Waals surface area contributed by atoms with E-state index in [4.69, 9.17) is 16.2 Å². The number of aromatic amines is 1. The maximum Gasteiger partial charge on any atom is 0.419 e. The molecule has 0 amide bonds. The van der Waals surface area contributed by atoms with E-state index in [1.807, 2.05) is 13.8 Å². The van der Waals surface area contributed by atoms with Crippen molar-refractivity contribution in [1.29, 1.82) is 0 Å². The minimum Gasteiger partial charge on any atom is -0.491 e. The first-order chi connectivity index (χ1) is 13.5. The molecule has 0 unspecified atom stereocenters. The average Bonchev–Trinajstić information content (AvgIpc) is 2.98. The maximum atomic E-state index is 13.7. The average molecular weight is 407 g/mol. The number of rotatable bonds is 6. The highest BCUT2D eigenvalue weighted by Crippen LogP contribution is 2.40. The van der Waals surface area contributed by atoms with E-state index in [1.54, 1.807) is 19.1 Å². The number of nitrogens with two attached hydrogens (primary N) is 2. The van der Waals surface area contributed by atoms with Crippen LogP contribution in [-0.2, 0) is 6.18 Å². The van der Waals surface area contributed by atoms with Crippen LogP contribution < -0.4 is 16.2 Å². The Morgan fingerprint density at radius 2 is 1.93 bits per heavy atom. The number of halogens is 3. The van der Waals surface area contributed by atoms with E-state index in [9.17, 15) is 13.2 Å². The number of nitrogens with zero attached hydrogens (tertiary/aromatic N) is 2. The summed E-state index contributed by atoms with van der Waals surface area (Å²) in [6.07, 6.45) is -2.49. The number of H-pyrrole nitrogens is 1. The summed E-state index contributed by atoms with van der Waals surface area (Å²) in [6, 6.07) is 5.54. The van der Waals surface area contributed by atoms with Gasteiger partial charge in [-0.2, -0.15) is 18.2 Å². The van der Waals surface area contributed by atoms with Crippen LogP contribution >= 0.6 is 0 Å². The minimum atomic E-state index is -4.59. The van der Waals surface area contributed by atoms with Crippen LogP contribution in [0.5, 0.6) is 5.75 Å². The fourth-order valence-electron chi connectivity index (χ4n) is 3.45. The van der Waals surface area contributed by atoms with Crippen molar-refractivity contribution >= 4 is 17.1 Å². The summed E-state index contributed by atoms with van der Waals surface area (Å²) in [5.74, 6) is 0.188. The molecule has 2 aromatic heterocycles. The van der Waals surface area contributed by atoms with Gasteiger partial charge < -0.3 is 21.2 Å². The third kappa shape index (κ3) is 4.79. The second kappa shape index (κ2) is 7.55. The molecule has 0 aliphatic carbocycles. The molecule has 6 nitrogen and oxygen atoms in total. The molecule has 1 atom stereocenters. The van der Waals surface area contributed by atoms with E-state index >= 15 is 0 Å². The third-order valence-corrected chi connectivity index (χ3v) is 4.44. The van der Waals surface area contributed by atoms with Crippen LogP contribution in [0.25, 0.3) is 22.3 Å². The molecule has 5 N–H and O–H groups in total. The minimum absolute atomic E-state index is 0.0236. The Hall–Kier alpha value is -2.81. The summed E-state index contributed by atoms with van der Waals surface area (Å²) >= 11 is 0. The first-order valence-corrected chi connectivity index (χ1v) is 9.20. The lowest BCUT2D eigenvalue weighted by Crippen LogP contribution is -2.43. The van der Waals surface area contributed by atoms with E-state index in [-0.39, 0.29) is 18.3 Å². The van der Waals surface area contributed by atoms with Crippen LogP contribution in [0, 0.1) is 5.92 Å². The Morgan fingerprint density at radius 1 is 1.21 bits per heavy atom. The molecule has 0 bridgehead atoms. The highest BCUT2D eigenvalue weighted by Gasteiger charge is 2.35. The molecule has 29 heavy (non-hydrogen) atoms. The number of hydrogen-bond acceptors (Lipinski definition) is 5. The number of benzene rings is 1. The normalized spacial score (nSPS) is 14.3. The van der Waals surface area contributed by atoms with Crippen molar-refractivity contribution in [3.8, 4) is 16.9 Å². The Kier molecular flexibility index (Phi) is 5.44. The molecule has 0 radical (unpaired) electrons. The number of ether oxygens (including phenoxy) is 1. The predicted molar refractivity (Wildman–Crippen MR) is 106 cm³/mol. The van der Waals surface area contributed by atoms with Crippen molar-refractivity contribution in [2.45, 2.75) is 38.9 Å². The summed E-state index contributed by atoms with van der Waals surface area (Å²) in [6.45, 7) is 5.74. The highest BCUT2D eigenvalue weighted by molar-refractivity contribution is 5.90. The number of fused-ring (bicyclic) bond motifs is 1. The van der Waals surface area contributed by atoms with Gasteiger partial charge in [0.05, 0.1) is 11.1 Å². The van der Waals surface area contributed by atoms with Crippen LogP contribution in [0.15, 0.2) is 30.5 Å². The number of hydrogen-bond donors (Lipinski definition) is 3. The Morgan fingerprint density at radius 3 is 2.59 bits per heavy atom. The Balaban J connectivity index is 1.98. The first-order valence-electron chi connectivity index (χ1n) is 9.20.